The number of piperazine rings is 1. The summed E-state index contributed by atoms with van der Waals surface area (Å²) in [6.07, 6.45) is 0. The second-order valence-electron chi connectivity index (χ2n) is 3.86. The number of ketones is 1. The second kappa shape index (κ2) is 4.88. The normalized spacial score (nSPS) is 17.9. The highest BCUT2D eigenvalue weighted by Crippen LogP contribution is 2.16. The number of hydrogen-bond acceptors (Lipinski definition) is 4. The van der Waals surface area contributed by atoms with Gasteiger partial charge in [0, 0.05) is 31.1 Å². The molecule has 0 aliphatic carbocycles. The Morgan fingerprint density at radius 2 is 2.20 bits per heavy atom. The fourth-order valence-corrected chi connectivity index (χ4v) is 2.53. The molecule has 3 nitrogen and oxygen atoms in total. The lowest BCUT2D eigenvalue weighted by Crippen LogP contribution is -2.45. The molecule has 1 saturated heterocycles. The van der Waals surface area contributed by atoms with E-state index < -0.39 is 0 Å². The maximum atomic E-state index is 11.9. The number of carbonyl (C=O) groups is 1. The maximum absolute atomic E-state index is 11.9. The van der Waals surface area contributed by atoms with Crippen LogP contribution in [0, 0.1) is 6.92 Å². The number of carbonyl (C=O) groups excluding carboxylic acids is 1. The lowest BCUT2D eigenvalue weighted by molar-refractivity contribution is 0.0925. The van der Waals surface area contributed by atoms with Crippen molar-refractivity contribution in [1.29, 1.82) is 0 Å². The standard InChI is InChI=1S/C11H16N2OS/c1-9-2-3-11(15-9)10(14)8-13-6-4-12-5-7-13/h2-3,12H,4-8H2,1H3. The van der Waals surface area contributed by atoms with E-state index in [1.54, 1.807) is 11.3 Å². The molecule has 0 bridgehead atoms. The van der Waals surface area contributed by atoms with Gasteiger partial charge in [-0.15, -0.1) is 11.3 Å². The highest BCUT2D eigenvalue weighted by Gasteiger charge is 2.15. The van der Waals surface area contributed by atoms with Crippen molar-refractivity contribution in [2.45, 2.75) is 6.92 Å². The first-order chi connectivity index (χ1) is 7.25. The van der Waals surface area contributed by atoms with Gasteiger partial charge >= 0.3 is 0 Å². The summed E-state index contributed by atoms with van der Waals surface area (Å²) in [5.41, 5.74) is 0. The van der Waals surface area contributed by atoms with E-state index in [1.807, 2.05) is 19.1 Å². The third-order valence-corrected chi connectivity index (χ3v) is 3.63. The van der Waals surface area contributed by atoms with Crippen LogP contribution in [0.4, 0.5) is 0 Å². The Morgan fingerprint density at radius 3 is 2.80 bits per heavy atom. The fraction of sp³-hybridized carbons (Fsp3) is 0.545. The molecule has 1 aromatic heterocycles. The Labute approximate surface area is 94.1 Å². The summed E-state index contributed by atoms with van der Waals surface area (Å²) in [6.45, 7) is 6.56. The van der Waals surface area contributed by atoms with Crippen LogP contribution in [-0.4, -0.2) is 43.4 Å². The van der Waals surface area contributed by atoms with E-state index in [4.69, 9.17) is 0 Å². The third-order valence-electron chi connectivity index (χ3n) is 2.59. The van der Waals surface area contributed by atoms with Gasteiger partial charge in [0.15, 0.2) is 5.78 Å². The van der Waals surface area contributed by atoms with E-state index in [-0.39, 0.29) is 5.78 Å². The smallest absolute Gasteiger partial charge is 0.186 e. The number of nitrogens with one attached hydrogen (secondary N) is 1. The van der Waals surface area contributed by atoms with Crippen molar-refractivity contribution in [2.75, 3.05) is 32.7 Å². The molecule has 4 heteroatoms. The number of thiophene rings is 1. The molecule has 2 rings (SSSR count). The first kappa shape index (κ1) is 10.8. The highest BCUT2D eigenvalue weighted by atomic mass is 32.1. The van der Waals surface area contributed by atoms with Gasteiger partial charge in [-0.3, -0.25) is 9.69 Å². The molecule has 1 fully saturated rings. The molecule has 1 aromatic rings. The maximum Gasteiger partial charge on any atom is 0.186 e. The zero-order valence-corrected chi connectivity index (χ0v) is 9.77. The van der Waals surface area contributed by atoms with Gasteiger partial charge in [0.25, 0.3) is 0 Å². The van der Waals surface area contributed by atoms with E-state index in [2.05, 4.69) is 10.2 Å². The topological polar surface area (TPSA) is 32.3 Å². The van der Waals surface area contributed by atoms with E-state index in [0.717, 1.165) is 31.1 Å². The van der Waals surface area contributed by atoms with Crippen molar-refractivity contribution < 1.29 is 4.79 Å². The average Bonchev–Trinajstić information content (AvgIpc) is 2.66. The Hall–Kier alpha value is -0.710. The number of nitrogens with zero attached hydrogens (tertiary/aromatic N) is 1. The summed E-state index contributed by atoms with van der Waals surface area (Å²) in [4.78, 5) is 16.2. The van der Waals surface area contributed by atoms with E-state index in [1.165, 1.54) is 4.88 Å². The van der Waals surface area contributed by atoms with Crippen LogP contribution in [0.1, 0.15) is 14.5 Å². The SMILES string of the molecule is Cc1ccc(C(=O)CN2CCNCC2)s1. The number of rotatable bonds is 3. The second-order valence-corrected chi connectivity index (χ2v) is 5.15. The lowest BCUT2D eigenvalue weighted by Gasteiger charge is -2.26. The molecule has 1 N–H and O–H groups in total. The minimum absolute atomic E-state index is 0.259. The number of aryl methyl sites for hydroxylation is 1. The molecule has 0 unspecified atom stereocenters. The molecule has 15 heavy (non-hydrogen) atoms. The molecule has 82 valence electrons. The van der Waals surface area contributed by atoms with Crippen LogP contribution in [0.3, 0.4) is 0 Å². The Bertz CT molecular complexity index is 342. The third kappa shape index (κ3) is 2.87. The molecule has 1 aliphatic heterocycles. The van der Waals surface area contributed by atoms with E-state index in [9.17, 15) is 4.79 Å². The molecule has 0 radical (unpaired) electrons. The van der Waals surface area contributed by atoms with Gasteiger partial charge in [-0.2, -0.15) is 0 Å². The molecule has 0 aromatic carbocycles. The summed E-state index contributed by atoms with van der Waals surface area (Å²) < 4.78 is 0. The summed E-state index contributed by atoms with van der Waals surface area (Å²) in [6, 6.07) is 3.94. The van der Waals surface area contributed by atoms with Crippen LogP contribution in [0.25, 0.3) is 0 Å². The average molecular weight is 224 g/mol. The summed E-state index contributed by atoms with van der Waals surface area (Å²) in [7, 11) is 0. The van der Waals surface area contributed by atoms with Crippen LogP contribution in [0.15, 0.2) is 12.1 Å². The van der Waals surface area contributed by atoms with Crippen LogP contribution < -0.4 is 5.32 Å². The fourth-order valence-electron chi connectivity index (χ4n) is 1.73. The molecular formula is C11H16N2OS. The largest absolute Gasteiger partial charge is 0.314 e. The van der Waals surface area contributed by atoms with Crippen molar-refractivity contribution >= 4 is 17.1 Å². The van der Waals surface area contributed by atoms with Crippen molar-refractivity contribution in [1.82, 2.24) is 10.2 Å². The van der Waals surface area contributed by atoms with Gasteiger partial charge in [-0.05, 0) is 19.1 Å². The molecular weight excluding hydrogens is 208 g/mol. The van der Waals surface area contributed by atoms with E-state index >= 15 is 0 Å². The molecule has 2 heterocycles. The Kier molecular flexibility index (Phi) is 3.51. The van der Waals surface area contributed by atoms with Crippen molar-refractivity contribution in [3.05, 3.63) is 21.9 Å². The molecule has 0 saturated carbocycles. The highest BCUT2D eigenvalue weighted by molar-refractivity contribution is 7.14. The summed E-state index contributed by atoms with van der Waals surface area (Å²) in [5, 5.41) is 3.28. The monoisotopic (exact) mass is 224 g/mol. The number of hydrogen-bond donors (Lipinski definition) is 1. The van der Waals surface area contributed by atoms with Gasteiger partial charge < -0.3 is 5.32 Å². The first-order valence-electron chi connectivity index (χ1n) is 5.28. The van der Waals surface area contributed by atoms with E-state index in [0.29, 0.717) is 6.54 Å². The van der Waals surface area contributed by atoms with Gasteiger partial charge in [0.05, 0.1) is 11.4 Å². The van der Waals surface area contributed by atoms with Crippen molar-refractivity contribution in [3.8, 4) is 0 Å². The molecule has 0 amide bonds. The minimum Gasteiger partial charge on any atom is -0.314 e. The Balaban J connectivity index is 1.91. The van der Waals surface area contributed by atoms with Crippen LogP contribution in [-0.2, 0) is 0 Å². The first-order valence-corrected chi connectivity index (χ1v) is 6.10. The van der Waals surface area contributed by atoms with Gasteiger partial charge in [0.2, 0.25) is 0 Å². The van der Waals surface area contributed by atoms with Crippen molar-refractivity contribution in [2.24, 2.45) is 0 Å². The zero-order valence-electron chi connectivity index (χ0n) is 8.95. The predicted octanol–water partition coefficient (Wildman–Crippen LogP) is 1.14. The van der Waals surface area contributed by atoms with Gasteiger partial charge in [-0.1, -0.05) is 0 Å². The van der Waals surface area contributed by atoms with Crippen LogP contribution >= 0.6 is 11.3 Å². The molecule has 0 atom stereocenters. The molecule has 1 aliphatic rings. The lowest BCUT2D eigenvalue weighted by atomic mass is 10.2. The quantitative estimate of drug-likeness (QED) is 0.782. The van der Waals surface area contributed by atoms with Crippen LogP contribution in [0.2, 0.25) is 0 Å². The van der Waals surface area contributed by atoms with Crippen LogP contribution in [0.5, 0.6) is 0 Å². The number of Topliss-reactive ketones (excluding diaryl/α,β-unsaturated/α-hetero) is 1. The Morgan fingerprint density at radius 1 is 1.47 bits per heavy atom. The van der Waals surface area contributed by atoms with Gasteiger partial charge in [0.1, 0.15) is 0 Å². The van der Waals surface area contributed by atoms with Gasteiger partial charge in [-0.25, -0.2) is 0 Å². The van der Waals surface area contributed by atoms with Crippen molar-refractivity contribution in [3.63, 3.8) is 0 Å². The zero-order chi connectivity index (χ0) is 10.7. The summed E-state index contributed by atoms with van der Waals surface area (Å²) >= 11 is 1.59. The predicted molar refractivity (Wildman–Crippen MR) is 62.7 cm³/mol. The molecule has 0 spiro atoms. The summed E-state index contributed by atoms with van der Waals surface area (Å²) in [5.74, 6) is 0.259. The minimum atomic E-state index is 0.259.